The van der Waals surface area contributed by atoms with Crippen LogP contribution < -0.4 is 15.6 Å². The average Bonchev–Trinajstić information content (AvgIpc) is 2.38. The highest BCUT2D eigenvalue weighted by Gasteiger charge is 2.04. The summed E-state index contributed by atoms with van der Waals surface area (Å²) in [5, 5.41) is 9.16. The number of nitrogens with two attached hydrogens (primary N) is 1. The molecule has 5 nitrogen and oxygen atoms in total. The lowest BCUT2D eigenvalue weighted by Crippen LogP contribution is -2.26. The fourth-order valence-corrected chi connectivity index (χ4v) is 1.49. The summed E-state index contributed by atoms with van der Waals surface area (Å²) in [6, 6.07) is 11.3. The maximum atomic E-state index is 5.73. The van der Waals surface area contributed by atoms with Gasteiger partial charge in [-0.05, 0) is 12.1 Å². The fraction of sp³-hybridized carbons (Fsp3) is 0.167. The van der Waals surface area contributed by atoms with E-state index >= 15 is 0 Å². The van der Waals surface area contributed by atoms with E-state index in [4.69, 9.17) is 10.6 Å². The molecule has 1 aromatic heterocycles. The van der Waals surface area contributed by atoms with Crippen molar-refractivity contribution in [2.45, 2.75) is 6.61 Å². The molecule has 1 heterocycles. The molecule has 0 fully saturated rings. The van der Waals surface area contributed by atoms with Crippen molar-refractivity contribution in [2.75, 3.05) is 12.1 Å². The summed E-state index contributed by atoms with van der Waals surface area (Å²) in [5.74, 6) is 6.24. The SMILES string of the molecule is CN(N)c1ccccc1COc1cccnn1. The molecule has 0 unspecified atom stereocenters. The third kappa shape index (κ3) is 2.92. The van der Waals surface area contributed by atoms with Gasteiger partial charge in [0.25, 0.3) is 0 Å². The van der Waals surface area contributed by atoms with Crippen molar-refractivity contribution in [1.82, 2.24) is 10.2 Å². The van der Waals surface area contributed by atoms with Gasteiger partial charge < -0.3 is 9.75 Å². The van der Waals surface area contributed by atoms with Crippen LogP contribution in [-0.2, 0) is 6.61 Å². The number of benzene rings is 1. The van der Waals surface area contributed by atoms with Gasteiger partial charge in [0.05, 0.1) is 5.69 Å². The number of anilines is 1. The van der Waals surface area contributed by atoms with E-state index in [-0.39, 0.29) is 0 Å². The quantitative estimate of drug-likeness (QED) is 0.634. The smallest absolute Gasteiger partial charge is 0.233 e. The second kappa shape index (κ2) is 5.27. The summed E-state index contributed by atoms with van der Waals surface area (Å²) in [6.07, 6.45) is 1.61. The zero-order chi connectivity index (χ0) is 12.1. The van der Waals surface area contributed by atoms with Crippen molar-refractivity contribution >= 4 is 5.69 Å². The van der Waals surface area contributed by atoms with Crippen molar-refractivity contribution in [3.05, 3.63) is 48.2 Å². The van der Waals surface area contributed by atoms with Gasteiger partial charge in [-0.25, -0.2) is 5.84 Å². The van der Waals surface area contributed by atoms with Gasteiger partial charge in [0.1, 0.15) is 6.61 Å². The second-order valence-corrected chi connectivity index (χ2v) is 3.59. The number of hydrazine groups is 1. The van der Waals surface area contributed by atoms with E-state index in [0.29, 0.717) is 12.5 Å². The minimum absolute atomic E-state index is 0.413. The van der Waals surface area contributed by atoms with Crippen LogP contribution in [0.3, 0.4) is 0 Å². The predicted octanol–water partition coefficient (Wildman–Crippen LogP) is 1.37. The molecule has 0 atom stereocenters. The molecule has 0 bridgehead atoms. The van der Waals surface area contributed by atoms with E-state index in [1.54, 1.807) is 30.4 Å². The van der Waals surface area contributed by atoms with Gasteiger partial charge in [0.15, 0.2) is 0 Å². The van der Waals surface area contributed by atoms with Crippen molar-refractivity contribution in [1.29, 1.82) is 0 Å². The minimum Gasteiger partial charge on any atom is -0.472 e. The molecule has 17 heavy (non-hydrogen) atoms. The van der Waals surface area contributed by atoms with Crippen LogP contribution in [0.25, 0.3) is 0 Å². The van der Waals surface area contributed by atoms with Gasteiger partial charge in [-0.2, -0.15) is 5.10 Å². The highest BCUT2D eigenvalue weighted by atomic mass is 16.5. The highest BCUT2D eigenvalue weighted by molar-refractivity contribution is 5.51. The molecule has 2 N–H and O–H groups in total. The Morgan fingerprint density at radius 2 is 2.06 bits per heavy atom. The van der Waals surface area contributed by atoms with Gasteiger partial charge in [0, 0.05) is 24.9 Å². The number of hydrogen-bond donors (Lipinski definition) is 1. The summed E-state index contributed by atoms with van der Waals surface area (Å²) in [7, 11) is 1.79. The van der Waals surface area contributed by atoms with Gasteiger partial charge in [0.2, 0.25) is 5.88 Å². The molecule has 0 spiro atoms. The molecule has 0 radical (unpaired) electrons. The van der Waals surface area contributed by atoms with Crippen LogP contribution >= 0.6 is 0 Å². The number of hydrogen-bond acceptors (Lipinski definition) is 5. The molecular formula is C12H14N4O. The van der Waals surface area contributed by atoms with Crippen LogP contribution in [0.2, 0.25) is 0 Å². The monoisotopic (exact) mass is 230 g/mol. The number of aromatic nitrogens is 2. The van der Waals surface area contributed by atoms with Crippen LogP contribution in [0.4, 0.5) is 5.69 Å². The molecular weight excluding hydrogens is 216 g/mol. The van der Waals surface area contributed by atoms with E-state index in [9.17, 15) is 0 Å². The fourth-order valence-electron chi connectivity index (χ4n) is 1.49. The third-order valence-corrected chi connectivity index (χ3v) is 2.29. The van der Waals surface area contributed by atoms with E-state index in [2.05, 4.69) is 10.2 Å². The van der Waals surface area contributed by atoms with E-state index in [1.165, 1.54) is 0 Å². The Balaban J connectivity index is 2.09. The average molecular weight is 230 g/mol. The lowest BCUT2D eigenvalue weighted by atomic mass is 10.2. The molecule has 2 rings (SSSR count). The Morgan fingerprint density at radius 3 is 2.76 bits per heavy atom. The first-order valence-corrected chi connectivity index (χ1v) is 5.24. The van der Waals surface area contributed by atoms with Crippen molar-refractivity contribution in [2.24, 2.45) is 5.84 Å². The number of rotatable bonds is 4. The molecule has 0 saturated carbocycles. The van der Waals surface area contributed by atoms with Crippen molar-refractivity contribution < 1.29 is 4.74 Å². The molecule has 88 valence electrons. The van der Waals surface area contributed by atoms with Gasteiger partial charge in [-0.3, -0.25) is 0 Å². The predicted molar refractivity (Wildman–Crippen MR) is 65.4 cm³/mol. The summed E-state index contributed by atoms with van der Waals surface area (Å²) in [6.45, 7) is 0.413. The lowest BCUT2D eigenvalue weighted by molar-refractivity contribution is 0.290. The maximum absolute atomic E-state index is 5.73. The molecule has 0 amide bonds. The highest BCUT2D eigenvalue weighted by Crippen LogP contribution is 2.18. The van der Waals surface area contributed by atoms with Crippen LogP contribution in [0.1, 0.15) is 5.56 Å². The largest absolute Gasteiger partial charge is 0.472 e. The van der Waals surface area contributed by atoms with Gasteiger partial charge in [-0.15, -0.1) is 5.10 Å². The molecule has 0 aliphatic carbocycles. The Morgan fingerprint density at radius 1 is 1.24 bits per heavy atom. The topological polar surface area (TPSA) is 64.3 Å². The lowest BCUT2D eigenvalue weighted by Gasteiger charge is -2.16. The van der Waals surface area contributed by atoms with E-state index < -0.39 is 0 Å². The molecule has 0 saturated heterocycles. The van der Waals surface area contributed by atoms with Crippen molar-refractivity contribution in [3.63, 3.8) is 0 Å². The Labute approximate surface area is 99.8 Å². The number of para-hydroxylation sites is 1. The first kappa shape index (κ1) is 11.3. The van der Waals surface area contributed by atoms with Crippen LogP contribution in [0, 0.1) is 0 Å². The minimum atomic E-state index is 0.413. The third-order valence-electron chi connectivity index (χ3n) is 2.29. The van der Waals surface area contributed by atoms with Crippen molar-refractivity contribution in [3.8, 4) is 5.88 Å². The molecule has 1 aromatic carbocycles. The van der Waals surface area contributed by atoms with E-state index in [0.717, 1.165) is 11.3 Å². The molecule has 0 aliphatic heterocycles. The Hall–Kier alpha value is -2.14. The van der Waals surface area contributed by atoms with E-state index in [1.807, 2.05) is 24.3 Å². The van der Waals surface area contributed by atoms with Gasteiger partial charge in [-0.1, -0.05) is 18.2 Å². The van der Waals surface area contributed by atoms with Gasteiger partial charge >= 0.3 is 0 Å². The summed E-state index contributed by atoms with van der Waals surface area (Å²) >= 11 is 0. The molecule has 2 aromatic rings. The standard InChI is InChI=1S/C12H14N4O/c1-16(13)11-6-3-2-5-10(11)9-17-12-7-4-8-14-15-12/h2-8H,9,13H2,1H3. The zero-order valence-electron chi connectivity index (χ0n) is 9.58. The number of nitrogens with zero attached hydrogens (tertiary/aromatic N) is 3. The second-order valence-electron chi connectivity index (χ2n) is 3.59. The summed E-state index contributed by atoms with van der Waals surface area (Å²) in [5.41, 5.74) is 1.93. The first-order chi connectivity index (χ1) is 8.27. The summed E-state index contributed by atoms with van der Waals surface area (Å²) < 4.78 is 5.53. The summed E-state index contributed by atoms with van der Waals surface area (Å²) in [4.78, 5) is 0. The van der Waals surface area contributed by atoms with Crippen LogP contribution in [-0.4, -0.2) is 17.2 Å². The Bertz CT molecular complexity index is 473. The zero-order valence-corrected chi connectivity index (χ0v) is 9.58. The first-order valence-electron chi connectivity index (χ1n) is 5.24. The van der Waals surface area contributed by atoms with Crippen LogP contribution in [0.15, 0.2) is 42.6 Å². The Kier molecular flexibility index (Phi) is 3.52. The maximum Gasteiger partial charge on any atom is 0.233 e. The molecule has 0 aliphatic rings. The van der Waals surface area contributed by atoms with Crippen LogP contribution in [0.5, 0.6) is 5.88 Å². The molecule has 5 heteroatoms. The normalized spacial score (nSPS) is 10.0. The number of ether oxygens (including phenoxy) is 1.